The Morgan fingerprint density at radius 1 is 1.19 bits per heavy atom. The van der Waals surface area contributed by atoms with Crippen LogP contribution in [-0.2, 0) is 4.43 Å². The second-order valence-corrected chi connectivity index (χ2v) is 15.8. The van der Waals surface area contributed by atoms with Crippen molar-refractivity contribution in [2.45, 2.75) is 123 Å². The molecule has 1 N–H and O–H groups in total. The molecule has 0 bridgehead atoms. The lowest BCUT2D eigenvalue weighted by Gasteiger charge is -2.45. The number of hydrogen-bond acceptors (Lipinski definition) is 2. The third-order valence-corrected chi connectivity index (χ3v) is 14.1. The zero-order valence-electron chi connectivity index (χ0n) is 21.2. The molecule has 2 aliphatic rings. The van der Waals surface area contributed by atoms with Crippen LogP contribution in [0.1, 0.15) is 93.4 Å². The fourth-order valence-corrected chi connectivity index (χ4v) is 10.0. The van der Waals surface area contributed by atoms with Gasteiger partial charge in [0.05, 0.1) is 6.61 Å². The van der Waals surface area contributed by atoms with E-state index in [1.807, 2.05) is 6.08 Å². The monoisotopic (exact) mass is 458 g/mol. The molecule has 0 amide bonds. The van der Waals surface area contributed by atoms with E-state index in [1.165, 1.54) is 12.0 Å². The average Bonchev–Trinajstić information content (AvgIpc) is 3.08. The van der Waals surface area contributed by atoms with Crippen molar-refractivity contribution in [1.29, 1.82) is 0 Å². The van der Waals surface area contributed by atoms with Crippen LogP contribution in [0, 0.1) is 23.2 Å². The number of aliphatic hydroxyl groups excluding tert-OH is 1. The highest BCUT2D eigenvalue weighted by Gasteiger charge is 2.53. The van der Waals surface area contributed by atoms with Gasteiger partial charge in [-0.25, -0.2) is 8.78 Å². The number of fused-ring (bicyclic) bond motifs is 1. The minimum atomic E-state index is -2.83. The van der Waals surface area contributed by atoms with Crippen molar-refractivity contribution >= 4 is 8.32 Å². The molecular weight excluding hydrogens is 410 g/mol. The fourth-order valence-electron chi connectivity index (χ4n) is 6.87. The molecule has 2 nitrogen and oxygen atoms in total. The van der Waals surface area contributed by atoms with Gasteiger partial charge in [-0.2, -0.15) is 0 Å². The van der Waals surface area contributed by atoms with E-state index < -0.39 is 19.8 Å². The van der Waals surface area contributed by atoms with Crippen molar-refractivity contribution in [2.24, 2.45) is 23.2 Å². The highest BCUT2D eigenvalue weighted by Crippen LogP contribution is 2.60. The van der Waals surface area contributed by atoms with E-state index >= 15 is 8.78 Å². The number of aliphatic hydroxyl groups is 1. The van der Waals surface area contributed by atoms with E-state index in [4.69, 9.17) is 4.43 Å². The van der Waals surface area contributed by atoms with Crippen LogP contribution in [0.2, 0.25) is 18.1 Å². The molecule has 0 spiro atoms. The molecule has 31 heavy (non-hydrogen) atoms. The lowest BCUT2D eigenvalue weighted by atomic mass is 9.60. The maximum Gasteiger partial charge on any atom is 0.274 e. The second-order valence-electron chi connectivity index (χ2n) is 11.1. The lowest BCUT2D eigenvalue weighted by Crippen LogP contribution is -2.53. The molecule has 5 heteroatoms. The molecule has 2 fully saturated rings. The first-order valence-electron chi connectivity index (χ1n) is 12.8. The molecule has 0 unspecified atom stereocenters. The summed E-state index contributed by atoms with van der Waals surface area (Å²) < 4.78 is 37.2. The van der Waals surface area contributed by atoms with Gasteiger partial charge in [0, 0.05) is 6.42 Å². The minimum Gasteiger partial charge on any atom is -0.406 e. The third kappa shape index (κ3) is 5.46. The molecule has 4 atom stereocenters. The molecule has 0 radical (unpaired) electrons. The van der Waals surface area contributed by atoms with Crippen LogP contribution in [0.3, 0.4) is 0 Å². The van der Waals surface area contributed by atoms with E-state index in [2.05, 4.69) is 34.6 Å². The number of rotatable bonds is 11. The highest BCUT2D eigenvalue weighted by atomic mass is 28.4. The summed E-state index contributed by atoms with van der Waals surface area (Å²) in [6.07, 6.45) is 8.13. The molecule has 0 aromatic carbocycles. The van der Waals surface area contributed by atoms with Gasteiger partial charge in [-0.15, -0.1) is 0 Å². The molecule has 0 aromatic heterocycles. The van der Waals surface area contributed by atoms with E-state index in [0.717, 1.165) is 43.8 Å². The van der Waals surface area contributed by atoms with Crippen molar-refractivity contribution in [2.75, 3.05) is 6.61 Å². The molecule has 0 saturated heterocycles. The van der Waals surface area contributed by atoms with Crippen molar-refractivity contribution in [3.8, 4) is 0 Å². The Balaban J connectivity index is 2.07. The van der Waals surface area contributed by atoms with E-state index in [-0.39, 0.29) is 24.4 Å². The zero-order valence-corrected chi connectivity index (χ0v) is 22.2. The first-order valence-corrected chi connectivity index (χ1v) is 15.3. The van der Waals surface area contributed by atoms with Crippen LogP contribution < -0.4 is 0 Å². The van der Waals surface area contributed by atoms with Gasteiger partial charge in [-0.3, -0.25) is 0 Å². The number of hydrogen-bond donors (Lipinski definition) is 1. The summed E-state index contributed by atoms with van der Waals surface area (Å²) >= 11 is 0. The normalized spacial score (nSPS) is 29.9. The maximum atomic E-state index is 15.4. The molecule has 2 aliphatic carbocycles. The van der Waals surface area contributed by atoms with Crippen molar-refractivity contribution < 1.29 is 18.3 Å². The van der Waals surface area contributed by atoms with Gasteiger partial charge >= 0.3 is 0 Å². The molecule has 0 heterocycles. The summed E-state index contributed by atoms with van der Waals surface area (Å²) in [4.78, 5) is 0. The molecule has 0 aliphatic heterocycles. The zero-order chi connectivity index (χ0) is 23.5. The average molecular weight is 459 g/mol. The summed E-state index contributed by atoms with van der Waals surface area (Å²) in [5, 5.41) is 9.41. The molecule has 182 valence electrons. The smallest absolute Gasteiger partial charge is 0.274 e. The van der Waals surface area contributed by atoms with E-state index in [1.54, 1.807) is 13.8 Å². The standard InChI is InChI=1S/C26H48F2O2Si/c1-8-31(9-2,10-3)30-24(5,6)26(27,28)18-15-20(4)22-13-14-23-21(16-19-29)12-11-17-25(22,23)7/h16,20,22-23,29H,8-15,17-19H2,1-7H3/b21-16+/t20-,22-,23+,25-/m1/s1. The number of alkyl halides is 2. The quantitative estimate of drug-likeness (QED) is 0.251. The summed E-state index contributed by atoms with van der Waals surface area (Å²) in [5.74, 6) is -1.55. The Kier molecular flexibility index (Phi) is 9.00. The highest BCUT2D eigenvalue weighted by molar-refractivity contribution is 6.73. The summed E-state index contributed by atoms with van der Waals surface area (Å²) in [6.45, 7) is 14.2. The van der Waals surface area contributed by atoms with Gasteiger partial charge in [0.15, 0.2) is 8.32 Å². The van der Waals surface area contributed by atoms with Crippen LogP contribution in [0.15, 0.2) is 11.6 Å². The van der Waals surface area contributed by atoms with Gasteiger partial charge < -0.3 is 9.53 Å². The van der Waals surface area contributed by atoms with Crippen molar-refractivity contribution in [1.82, 2.24) is 0 Å². The van der Waals surface area contributed by atoms with Crippen molar-refractivity contribution in [3.63, 3.8) is 0 Å². The summed E-state index contributed by atoms with van der Waals surface area (Å²) in [5.41, 5.74) is 0.186. The summed E-state index contributed by atoms with van der Waals surface area (Å²) in [6, 6.07) is 2.67. The number of halogens is 2. The topological polar surface area (TPSA) is 29.5 Å². The second kappa shape index (κ2) is 10.3. The van der Waals surface area contributed by atoms with Crippen molar-refractivity contribution in [3.05, 3.63) is 11.6 Å². The van der Waals surface area contributed by atoms with E-state index in [9.17, 15) is 5.11 Å². The van der Waals surface area contributed by atoms with Crippen LogP contribution in [-0.4, -0.2) is 31.6 Å². The maximum absolute atomic E-state index is 15.4. The molecule has 0 aromatic rings. The lowest BCUT2D eigenvalue weighted by molar-refractivity contribution is -0.159. The minimum absolute atomic E-state index is 0.0978. The first kappa shape index (κ1) is 27.0. The Labute approximate surface area is 191 Å². The predicted octanol–water partition coefficient (Wildman–Crippen LogP) is 7.97. The third-order valence-electron chi connectivity index (χ3n) is 9.28. The molecule has 2 rings (SSSR count). The SMILES string of the molecule is CC[Si](CC)(CC)OC(C)(C)C(F)(F)CC[C@@H](C)[C@H]1CC[C@H]2/C(=C/CO)CCC[C@]12C. The Morgan fingerprint density at radius 2 is 1.81 bits per heavy atom. The Morgan fingerprint density at radius 3 is 2.35 bits per heavy atom. The van der Waals surface area contributed by atoms with Gasteiger partial charge in [-0.1, -0.05) is 46.3 Å². The van der Waals surface area contributed by atoms with E-state index in [0.29, 0.717) is 18.3 Å². The Hall–Kier alpha value is -0.263. The van der Waals surface area contributed by atoms with Gasteiger partial charge in [0.25, 0.3) is 5.92 Å². The van der Waals surface area contributed by atoms with Crippen LogP contribution >= 0.6 is 0 Å². The molecule has 2 saturated carbocycles. The fraction of sp³-hybridized carbons (Fsp3) is 0.923. The van der Waals surface area contributed by atoms with Gasteiger partial charge in [-0.05, 0) is 93.7 Å². The Bertz CT molecular complexity index is 606. The van der Waals surface area contributed by atoms with Gasteiger partial charge in [0.1, 0.15) is 5.60 Å². The first-order chi connectivity index (χ1) is 14.4. The largest absolute Gasteiger partial charge is 0.406 e. The van der Waals surface area contributed by atoms with Crippen LogP contribution in [0.4, 0.5) is 8.78 Å². The van der Waals surface area contributed by atoms with Gasteiger partial charge in [0.2, 0.25) is 0 Å². The predicted molar refractivity (Wildman–Crippen MR) is 129 cm³/mol. The molecular formula is C26H48F2O2Si. The number of allylic oxidation sites excluding steroid dienone is 1. The van der Waals surface area contributed by atoms with Crippen LogP contribution in [0.25, 0.3) is 0 Å². The summed E-state index contributed by atoms with van der Waals surface area (Å²) in [7, 11) is -2.10. The van der Waals surface area contributed by atoms with Crippen LogP contribution in [0.5, 0.6) is 0 Å².